The van der Waals surface area contributed by atoms with Crippen LogP contribution in [-0.4, -0.2) is 41.7 Å². The minimum Gasteiger partial charge on any atom is -0.491 e. The lowest BCUT2D eigenvalue weighted by Crippen LogP contribution is -2.50. The molecule has 1 fully saturated rings. The van der Waals surface area contributed by atoms with Crippen molar-refractivity contribution in [3.8, 4) is 5.75 Å². The van der Waals surface area contributed by atoms with Gasteiger partial charge < -0.3 is 19.9 Å². The van der Waals surface area contributed by atoms with Crippen LogP contribution in [0.3, 0.4) is 0 Å². The van der Waals surface area contributed by atoms with Gasteiger partial charge >= 0.3 is 6.03 Å². The van der Waals surface area contributed by atoms with Gasteiger partial charge in [-0.2, -0.15) is 0 Å². The number of aromatic nitrogens is 1. The summed E-state index contributed by atoms with van der Waals surface area (Å²) in [4.78, 5) is 18.1. The molecule has 5 rings (SSSR count). The molecule has 1 aromatic heterocycles. The number of urea groups is 1. The number of carbonyl (C=O) groups excluding carboxylic acids is 1. The van der Waals surface area contributed by atoms with E-state index >= 15 is 0 Å². The predicted molar refractivity (Wildman–Crippen MR) is 110 cm³/mol. The number of nitrogens with one attached hydrogen (secondary N) is 2. The number of piperidine rings is 1. The van der Waals surface area contributed by atoms with Gasteiger partial charge in [0.15, 0.2) is 0 Å². The van der Waals surface area contributed by atoms with E-state index in [-0.39, 0.29) is 12.1 Å². The van der Waals surface area contributed by atoms with E-state index in [1.54, 1.807) is 0 Å². The lowest BCUT2D eigenvalue weighted by Gasteiger charge is -2.34. The summed E-state index contributed by atoms with van der Waals surface area (Å²) in [5.41, 5.74) is 3.74. The summed E-state index contributed by atoms with van der Waals surface area (Å²) in [6.07, 6.45) is 4.97. The Kier molecular flexibility index (Phi) is 4.43. The highest BCUT2D eigenvalue weighted by atomic mass is 16.5. The molecule has 2 N–H and O–H groups in total. The highest BCUT2D eigenvalue weighted by Crippen LogP contribution is 2.33. The Morgan fingerprint density at radius 1 is 1.07 bits per heavy atom. The van der Waals surface area contributed by atoms with Crippen molar-refractivity contribution in [2.24, 2.45) is 0 Å². The van der Waals surface area contributed by atoms with Crippen molar-refractivity contribution >= 4 is 16.9 Å². The zero-order valence-electron chi connectivity index (χ0n) is 15.9. The van der Waals surface area contributed by atoms with Gasteiger partial charge in [-0.15, -0.1) is 0 Å². The Morgan fingerprint density at radius 2 is 1.86 bits per heavy atom. The standard InChI is InChI=1S/C23H25N3O2/c27-23(25-18-13-17-5-1-4-8-22(17)28-15-18)26-11-9-16(10-12-26)20-14-24-21-7-3-2-6-19(20)21/h1-8,14,16,18,24H,9-13,15H2,(H,25,27). The van der Waals surface area contributed by atoms with E-state index in [4.69, 9.17) is 4.74 Å². The minimum atomic E-state index is 0.0327. The summed E-state index contributed by atoms with van der Waals surface area (Å²) in [6.45, 7) is 2.12. The number of hydrogen-bond donors (Lipinski definition) is 2. The number of amides is 2. The SMILES string of the molecule is O=C(NC1COc2ccccc2C1)N1CCC(c2c[nH]c3ccccc23)CC1. The number of ether oxygens (including phenoxy) is 1. The number of benzene rings is 2. The van der Waals surface area contributed by atoms with E-state index in [1.807, 2.05) is 23.1 Å². The maximum absolute atomic E-state index is 12.7. The third-order valence-corrected chi connectivity index (χ3v) is 6.05. The van der Waals surface area contributed by atoms with Crippen molar-refractivity contribution in [2.75, 3.05) is 19.7 Å². The van der Waals surface area contributed by atoms with Gasteiger partial charge in [0, 0.05) is 30.2 Å². The van der Waals surface area contributed by atoms with Crippen molar-refractivity contribution in [2.45, 2.75) is 31.2 Å². The first kappa shape index (κ1) is 17.2. The fourth-order valence-electron chi connectivity index (χ4n) is 4.51. The molecule has 0 aliphatic carbocycles. The van der Waals surface area contributed by atoms with E-state index < -0.39 is 0 Å². The van der Waals surface area contributed by atoms with Gasteiger partial charge in [-0.1, -0.05) is 36.4 Å². The maximum Gasteiger partial charge on any atom is 0.317 e. The zero-order valence-corrected chi connectivity index (χ0v) is 15.9. The molecule has 1 unspecified atom stereocenters. The van der Waals surface area contributed by atoms with Crippen LogP contribution in [-0.2, 0) is 6.42 Å². The third-order valence-electron chi connectivity index (χ3n) is 6.05. The number of nitrogens with zero attached hydrogens (tertiary/aromatic N) is 1. The van der Waals surface area contributed by atoms with Gasteiger partial charge in [0.05, 0.1) is 6.04 Å². The van der Waals surface area contributed by atoms with Crippen molar-refractivity contribution in [3.05, 3.63) is 65.9 Å². The second kappa shape index (κ2) is 7.23. The number of para-hydroxylation sites is 2. The molecule has 144 valence electrons. The first-order valence-corrected chi connectivity index (χ1v) is 10.1. The maximum atomic E-state index is 12.7. The molecular weight excluding hydrogens is 350 g/mol. The molecule has 2 aliphatic rings. The normalized spacial score (nSPS) is 19.9. The molecule has 2 amide bonds. The van der Waals surface area contributed by atoms with Crippen LogP contribution in [0.25, 0.3) is 10.9 Å². The van der Waals surface area contributed by atoms with Crippen LogP contribution in [0.4, 0.5) is 4.79 Å². The summed E-state index contributed by atoms with van der Waals surface area (Å²) in [7, 11) is 0. The molecule has 3 heterocycles. The zero-order chi connectivity index (χ0) is 18.9. The average molecular weight is 375 g/mol. The Labute approximate surface area is 164 Å². The monoisotopic (exact) mass is 375 g/mol. The highest BCUT2D eigenvalue weighted by molar-refractivity contribution is 5.83. The topological polar surface area (TPSA) is 57.4 Å². The minimum absolute atomic E-state index is 0.0327. The quantitative estimate of drug-likeness (QED) is 0.710. The second-order valence-electron chi connectivity index (χ2n) is 7.82. The van der Waals surface area contributed by atoms with Gasteiger partial charge in [0.2, 0.25) is 0 Å². The lowest BCUT2D eigenvalue weighted by molar-refractivity contribution is 0.167. The number of likely N-dealkylation sites (tertiary alicyclic amines) is 1. The number of carbonyl (C=O) groups is 1. The van der Waals surface area contributed by atoms with Crippen molar-refractivity contribution in [1.82, 2.24) is 15.2 Å². The molecule has 28 heavy (non-hydrogen) atoms. The second-order valence-corrected chi connectivity index (χ2v) is 7.82. The van der Waals surface area contributed by atoms with Crippen molar-refractivity contribution < 1.29 is 9.53 Å². The molecule has 1 atom stereocenters. The number of aromatic amines is 1. The molecule has 5 nitrogen and oxygen atoms in total. The Bertz CT molecular complexity index is 988. The van der Waals surface area contributed by atoms with E-state index in [2.05, 4.69) is 46.8 Å². The van der Waals surface area contributed by atoms with E-state index in [0.717, 1.165) is 43.7 Å². The number of fused-ring (bicyclic) bond motifs is 2. The summed E-state index contributed by atoms with van der Waals surface area (Å²) in [5.74, 6) is 1.44. The third kappa shape index (κ3) is 3.21. The van der Waals surface area contributed by atoms with Gasteiger partial charge in [-0.25, -0.2) is 4.79 Å². The number of H-pyrrole nitrogens is 1. The summed E-state index contributed by atoms with van der Waals surface area (Å²) in [5, 5.41) is 4.47. The fraction of sp³-hybridized carbons (Fsp3) is 0.348. The summed E-state index contributed by atoms with van der Waals surface area (Å²) < 4.78 is 5.79. The molecule has 0 bridgehead atoms. The molecular formula is C23H25N3O2. The first-order valence-electron chi connectivity index (χ1n) is 10.1. The average Bonchev–Trinajstić information content (AvgIpc) is 3.18. The molecule has 1 saturated heterocycles. The van der Waals surface area contributed by atoms with Crippen LogP contribution in [0.2, 0.25) is 0 Å². The van der Waals surface area contributed by atoms with Crippen LogP contribution in [0, 0.1) is 0 Å². The molecule has 0 saturated carbocycles. The Morgan fingerprint density at radius 3 is 2.75 bits per heavy atom. The van der Waals surface area contributed by atoms with Crippen molar-refractivity contribution in [1.29, 1.82) is 0 Å². The van der Waals surface area contributed by atoms with E-state index in [9.17, 15) is 4.79 Å². The smallest absolute Gasteiger partial charge is 0.317 e. The van der Waals surface area contributed by atoms with Crippen LogP contribution >= 0.6 is 0 Å². The van der Waals surface area contributed by atoms with Gasteiger partial charge in [-0.05, 0) is 48.4 Å². The van der Waals surface area contributed by atoms with Gasteiger partial charge in [0.1, 0.15) is 12.4 Å². The van der Waals surface area contributed by atoms with Crippen LogP contribution < -0.4 is 10.1 Å². The molecule has 3 aromatic rings. The Balaban J connectivity index is 1.18. The molecule has 5 heteroatoms. The number of rotatable bonds is 2. The van der Waals surface area contributed by atoms with Crippen molar-refractivity contribution in [3.63, 3.8) is 0 Å². The molecule has 2 aromatic carbocycles. The van der Waals surface area contributed by atoms with E-state index in [0.29, 0.717) is 12.5 Å². The lowest BCUT2D eigenvalue weighted by atomic mass is 9.89. The molecule has 0 spiro atoms. The van der Waals surface area contributed by atoms with Crippen LogP contribution in [0.1, 0.15) is 29.9 Å². The number of hydrogen-bond acceptors (Lipinski definition) is 2. The largest absolute Gasteiger partial charge is 0.491 e. The molecule has 2 aliphatic heterocycles. The van der Waals surface area contributed by atoms with Gasteiger partial charge in [-0.3, -0.25) is 0 Å². The van der Waals surface area contributed by atoms with E-state index in [1.165, 1.54) is 16.5 Å². The fourth-order valence-corrected chi connectivity index (χ4v) is 4.51. The summed E-state index contributed by atoms with van der Waals surface area (Å²) in [6, 6.07) is 16.6. The van der Waals surface area contributed by atoms with Crippen LogP contribution in [0.15, 0.2) is 54.7 Å². The molecule has 0 radical (unpaired) electrons. The summed E-state index contributed by atoms with van der Waals surface area (Å²) >= 11 is 0. The predicted octanol–water partition coefficient (Wildman–Crippen LogP) is 4.06. The van der Waals surface area contributed by atoms with Gasteiger partial charge in [0.25, 0.3) is 0 Å². The first-order chi connectivity index (χ1) is 13.8. The van der Waals surface area contributed by atoms with Crippen LogP contribution in [0.5, 0.6) is 5.75 Å². The Hall–Kier alpha value is -2.95. The highest BCUT2D eigenvalue weighted by Gasteiger charge is 2.28.